The SMILES string of the molecule is COC1(OC)CCN(OC(=O)C(C)(C)C)CC1OC(C)C. The monoisotopic (exact) mass is 303 g/mol. The minimum atomic E-state index is -0.797. The summed E-state index contributed by atoms with van der Waals surface area (Å²) in [6, 6.07) is 0. The maximum atomic E-state index is 12.0. The van der Waals surface area contributed by atoms with Crippen molar-refractivity contribution in [2.45, 2.75) is 59.0 Å². The zero-order valence-corrected chi connectivity index (χ0v) is 14.3. The number of hydroxylamine groups is 2. The largest absolute Gasteiger partial charge is 0.368 e. The van der Waals surface area contributed by atoms with Crippen LogP contribution in [0.25, 0.3) is 0 Å². The lowest BCUT2D eigenvalue weighted by molar-refractivity contribution is -0.319. The van der Waals surface area contributed by atoms with Crippen molar-refractivity contribution in [3.05, 3.63) is 0 Å². The molecule has 1 rings (SSSR count). The molecule has 6 nitrogen and oxygen atoms in total. The van der Waals surface area contributed by atoms with Gasteiger partial charge in [0.25, 0.3) is 0 Å². The maximum absolute atomic E-state index is 12.0. The molecular weight excluding hydrogens is 274 g/mol. The van der Waals surface area contributed by atoms with Crippen molar-refractivity contribution in [3.63, 3.8) is 0 Å². The topological polar surface area (TPSA) is 57.2 Å². The van der Waals surface area contributed by atoms with Gasteiger partial charge in [0.2, 0.25) is 0 Å². The molecule has 0 N–H and O–H groups in total. The molecule has 1 saturated heterocycles. The lowest BCUT2D eigenvalue weighted by Gasteiger charge is -2.45. The fourth-order valence-electron chi connectivity index (χ4n) is 2.22. The van der Waals surface area contributed by atoms with Crippen molar-refractivity contribution >= 4 is 5.97 Å². The van der Waals surface area contributed by atoms with E-state index in [-0.39, 0.29) is 18.2 Å². The average molecular weight is 303 g/mol. The number of ether oxygens (including phenoxy) is 3. The highest BCUT2D eigenvalue weighted by molar-refractivity contribution is 5.75. The molecule has 0 aromatic carbocycles. The first-order valence-corrected chi connectivity index (χ1v) is 7.37. The molecule has 0 aromatic heterocycles. The number of hydrogen-bond acceptors (Lipinski definition) is 6. The molecule has 0 amide bonds. The number of carbonyl (C=O) groups excluding carboxylic acids is 1. The molecule has 0 spiro atoms. The number of hydrogen-bond donors (Lipinski definition) is 0. The Morgan fingerprint density at radius 3 is 2.24 bits per heavy atom. The van der Waals surface area contributed by atoms with Gasteiger partial charge >= 0.3 is 5.97 Å². The predicted molar refractivity (Wildman–Crippen MR) is 78.5 cm³/mol. The van der Waals surface area contributed by atoms with Crippen LogP contribution in [0.2, 0.25) is 0 Å². The van der Waals surface area contributed by atoms with Crippen molar-refractivity contribution in [3.8, 4) is 0 Å². The number of methoxy groups -OCH3 is 2. The normalized spacial score (nSPS) is 23.3. The Hall–Kier alpha value is -0.690. The molecule has 21 heavy (non-hydrogen) atoms. The molecule has 6 heteroatoms. The third kappa shape index (κ3) is 4.64. The molecular formula is C15H29NO5. The summed E-state index contributed by atoms with van der Waals surface area (Å²) in [6.07, 6.45) is 0.265. The van der Waals surface area contributed by atoms with Gasteiger partial charge in [-0.05, 0) is 34.6 Å². The van der Waals surface area contributed by atoms with Gasteiger partial charge in [-0.3, -0.25) is 0 Å². The fourth-order valence-corrected chi connectivity index (χ4v) is 2.22. The quantitative estimate of drug-likeness (QED) is 0.724. The van der Waals surface area contributed by atoms with Gasteiger partial charge in [-0.25, -0.2) is 4.79 Å². The van der Waals surface area contributed by atoms with Crippen molar-refractivity contribution < 1.29 is 23.8 Å². The van der Waals surface area contributed by atoms with E-state index in [1.165, 1.54) is 0 Å². The van der Waals surface area contributed by atoms with Crippen LogP contribution < -0.4 is 0 Å². The van der Waals surface area contributed by atoms with Gasteiger partial charge in [0.1, 0.15) is 6.10 Å². The molecule has 1 aliphatic rings. The molecule has 0 aromatic rings. The summed E-state index contributed by atoms with van der Waals surface area (Å²) in [5.74, 6) is -1.05. The van der Waals surface area contributed by atoms with Gasteiger partial charge in [0.15, 0.2) is 5.79 Å². The summed E-state index contributed by atoms with van der Waals surface area (Å²) in [5, 5.41) is 1.64. The Balaban J connectivity index is 2.77. The summed E-state index contributed by atoms with van der Waals surface area (Å²) in [4.78, 5) is 17.4. The van der Waals surface area contributed by atoms with Crippen LogP contribution in [0, 0.1) is 5.41 Å². The van der Waals surface area contributed by atoms with Crippen LogP contribution >= 0.6 is 0 Å². The molecule has 124 valence electrons. The minimum absolute atomic E-state index is 0.0259. The maximum Gasteiger partial charge on any atom is 0.330 e. The van der Waals surface area contributed by atoms with Crippen LogP contribution in [0.1, 0.15) is 41.0 Å². The standard InChI is InChI=1S/C15H29NO5/c1-11(2)20-12-10-16(21-13(17)14(3,4)5)9-8-15(12,18-6)19-7/h11-12H,8-10H2,1-7H3. The summed E-state index contributed by atoms with van der Waals surface area (Å²) in [5.41, 5.74) is -0.536. The smallest absolute Gasteiger partial charge is 0.330 e. The summed E-state index contributed by atoms with van der Waals surface area (Å²) in [6.45, 7) is 10.4. The highest BCUT2D eigenvalue weighted by atomic mass is 16.7. The van der Waals surface area contributed by atoms with Crippen molar-refractivity contribution in [2.24, 2.45) is 5.41 Å². The van der Waals surface area contributed by atoms with Crippen LogP contribution in [-0.2, 0) is 23.8 Å². The fraction of sp³-hybridized carbons (Fsp3) is 0.933. The van der Waals surface area contributed by atoms with E-state index in [1.807, 2.05) is 34.6 Å². The molecule has 0 bridgehead atoms. The van der Waals surface area contributed by atoms with E-state index in [4.69, 9.17) is 19.0 Å². The van der Waals surface area contributed by atoms with E-state index in [2.05, 4.69) is 0 Å². The van der Waals surface area contributed by atoms with E-state index in [1.54, 1.807) is 19.3 Å². The van der Waals surface area contributed by atoms with Crippen molar-refractivity contribution in [2.75, 3.05) is 27.3 Å². The first-order valence-electron chi connectivity index (χ1n) is 7.37. The lowest BCUT2D eigenvalue weighted by atomic mass is 9.97. The van der Waals surface area contributed by atoms with E-state index < -0.39 is 11.2 Å². The molecule has 0 saturated carbocycles. The van der Waals surface area contributed by atoms with Crippen LogP contribution in [0.5, 0.6) is 0 Å². The van der Waals surface area contributed by atoms with Gasteiger partial charge < -0.3 is 19.0 Å². The molecule has 0 radical (unpaired) electrons. The van der Waals surface area contributed by atoms with E-state index in [0.717, 1.165) is 0 Å². The summed E-state index contributed by atoms with van der Waals surface area (Å²) < 4.78 is 17.0. The van der Waals surface area contributed by atoms with Crippen molar-refractivity contribution in [1.82, 2.24) is 5.06 Å². The molecule has 1 atom stereocenters. The highest BCUT2D eigenvalue weighted by Crippen LogP contribution is 2.31. The Bertz CT molecular complexity index is 346. The Labute approximate surface area is 127 Å². The molecule has 1 aliphatic heterocycles. The first kappa shape index (κ1) is 18.4. The zero-order chi connectivity index (χ0) is 16.3. The Kier molecular flexibility index (Phi) is 6.16. The Morgan fingerprint density at radius 1 is 1.24 bits per heavy atom. The third-order valence-electron chi connectivity index (χ3n) is 3.52. The van der Waals surface area contributed by atoms with Crippen LogP contribution in [-0.4, -0.2) is 56.3 Å². The second kappa shape index (κ2) is 7.05. The summed E-state index contributed by atoms with van der Waals surface area (Å²) >= 11 is 0. The number of nitrogens with zero attached hydrogens (tertiary/aromatic N) is 1. The van der Waals surface area contributed by atoms with E-state index in [0.29, 0.717) is 19.5 Å². The van der Waals surface area contributed by atoms with Gasteiger partial charge in [0, 0.05) is 27.2 Å². The molecule has 1 heterocycles. The zero-order valence-electron chi connectivity index (χ0n) is 14.3. The van der Waals surface area contributed by atoms with Gasteiger partial charge in [-0.1, -0.05) is 0 Å². The van der Waals surface area contributed by atoms with Gasteiger partial charge in [-0.15, -0.1) is 5.06 Å². The molecule has 1 fully saturated rings. The second-order valence-corrected chi connectivity index (χ2v) is 6.66. The predicted octanol–water partition coefficient (Wildman–Crippen LogP) is 1.98. The van der Waals surface area contributed by atoms with Crippen molar-refractivity contribution in [1.29, 1.82) is 0 Å². The van der Waals surface area contributed by atoms with Gasteiger partial charge in [-0.2, -0.15) is 0 Å². The second-order valence-electron chi connectivity index (χ2n) is 6.66. The van der Waals surface area contributed by atoms with Crippen LogP contribution in [0.4, 0.5) is 0 Å². The molecule has 1 unspecified atom stereocenters. The van der Waals surface area contributed by atoms with E-state index >= 15 is 0 Å². The van der Waals surface area contributed by atoms with Gasteiger partial charge in [0.05, 0.1) is 18.1 Å². The van der Waals surface area contributed by atoms with Crippen LogP contribution in [0.3, 0.4) is 0 Å². The Morgan fingerprint density at radius 2 is 1.81 bits per heavy atom. The lowest BCUT2D eigenvalue weighted by Crippen LogP contribution is -2.59. The average Bonchev–Trinajstić information content (AvgIpc) is 2.38. The summed E-state index contributed by atoms with van der Waals surface area (Å²) in [7, 11) is 3.22. The molecule has 0 aliphatic carbocycles. The van der Waals surface area contributed by atoms with E-state index in [9.17, 15) is 4.79 Å². The number of carbonyl (C=O) groups is 1. The minimum Gasteiger partial charge on any atom is -0.368 e. The first-order chi connectivity index (χ1) is 9.64. The number of piperidine rings is 1. The third-order valence-corrected chi connectivity index (χ3v) is 3.52. The van der Waals surface area contributed by atoms with Crippen LogP contribution in [0.15, 0.2) is 0 Å². The number of rotatable bonds is 5. The highest BCUT2D eigenvalue weighted by Gasteiger charge is 2.46.